The molecule has 0 unspecified atom stereocenters. The number of carbonyl (C=O) groups is 2. The third-order valence-electron chi connectivity index (χ3n) is 3.82. The summed E-state index contributed by atoms with van der Waals surface area (Å²) in [6, 6.07) is 21.8. The minimum absolute atomic E-state index is 0.0180. The van der Waals surface area contributed by atoms with E-state index in [9.17, 15) is 14.7 Å². The molecule has 6 nitrogen and oxygen atoms in total. The molecule has 0 fully saturated rings. The molecule has 0 aliphatic carbocycles. The van der Waals surface area contributed by atoms with Crippen LogP contribution >= 0.6 is 0 Å². The highest BCUT2D eigenvalue weighted by atomic mass is 16.5. The number of Topliss-reactive ketones (excluding diaryl/α,β-unsaturated/α-hetero) is 1. The largest absolute Gasteiger partial charge is 0.444 e. The summed E-state index contributed by atoms with van der Waals surface area (Å²) in [5.74, 6) is -0.592. The molecule has 1 amide bonds. The van der Waals surface area contributed by atoms with E-state index in [1.54, 1.807) is 12.1 Å². The molecule has 0 spiro atoms. The molecule has 3 rings (SSSR count). The fourth-order valence-electron chi connectivity index (χ4n) is 2.49. The van der Waals surface area contributed by atoms with Crippen LogP contribution in [-0.4, -0.2) is 28.6 Å². The summed E-state index contributed by atoms with van der Waals surface area (Å²) in [7, 11) is 0. The molecule has 3 aromatic rings. The van der Waals surface area contributed by atoms with E-state index in [0.717, 1.165) is 11.1 Å². The van der Waals surface area contributed by atoms with Crippen LogP contribution in [0.5, 0.6) is 0 Å². The maximum atomic E-state index is 12.1. The van der Waals surface area contributed by atoms with Gasteiger partial charge in [-0.2, -0.15) is 0 Å². The number of rotatable bonds is 6. The molecule has 1 heterocycles. The Bertz CT molecular complexity index is 927. The first kappa shape index (κ1) is 18.3. The van der Waals surface area contributed by atoms with Gasteiger partial charge in [-0.05, 0) is 17.7 Å². The number of carbonyl (C=O) groups excluding carboxylic acids is 2. The third-order valence-corrected chi connectivity index (χ3v) is 3.82. The van der Waals surface area contributed by atoms with Crippen molar-refractivity contribution in [3.05, 3.63) is 84.1 Å². The highest BCUT2D eigenvalue weighted by Crippen LogP contribution is 2.22. The standard InChI is InChI=1S/C21H18N2O4/c24-13-19(25)20-18(12-11-17(22-20)16-9-5-2-6-10-16)23-21(26)27-14-15-7-3-1-4-8-15/h1-12,24H,13-14H2,(H,23,26). The van der Waals surface area contributed by atoms with E-state index < -0.39 is 18.5 Å². The molecule has 6 heteroatoms. The van der Waals surface area contributed by atoms with Gasteiger partial charge in [0.15, 0.2) is 0 Å². The Morgan fingerprint density at radius 1 is 0.926 bits per heavy atom. The fourth-order valence-corrected chi connectivity index (χ4v) is 2.49. The van der Waals surface area contributed by atoms with Gasteiger partial charge in [0.25, 0.3) is 0 Å². The second kappa shape index (κ2) is 8.73. The number of nitrogens with one attached hydrogen (secondary N) is 1. The molecule has 27 heavy (non-hydrogen) atoms. The van der Waals surface area contributed by atoms with Crippen LogP contribution in [0.4, 0.5) is 10.5 Å². The van der Waals surface area contributed by atoms with Crippen molar-refractivity contribution in [3.8, 4) is 11.3 Å². The first-order valence-electron chi connectivity index (χ1n) is 8.35. The molecule has 136 valence electrons. The van der Waals surface area contributed by atoms with Crippen molar-refractivity contribution in [1.29, 1.82) is 0 Å². The van der Waals surface area contributed by atoms with E-state index in [4.69, 9.17) is 4.74 Å². The number of aliphatic hydroxyl groups is 1. The normalized spacial score (nSPS) is 10.3. The zero-order chi connectivity index (χ0) is 19.1. The Morgan fingerprint density at radius 3 is 2.26 bits per heavy atom. The Kier molecular flexibility index (Phi) is 5.91. The van der Waals surface area contributed by atoms with Gasteiger partial charge in [-0.1, -0.05) is 60.7 Å². The third kappa shape index (κ3) is 4.77. The molecule has 1 aromatic heterocycles. The number of hydrogen-bond donors (Lipinski definition) is 2. The first-order valence-corrected chi connectivity index (χ1v) is 8.35. The summed E-state index contributed by atoms with van der Waals surface area (Å²) in [4.78, 5) is 28.4. The number of ketones is 1. The van der Waals surface area contributed by atoms with Gasteiger partial charge in [-0.25, -0.2) is 9.78 Å². The number of ether oxygens (including phenoxy) is 1. The van der Waals surface area contributed by atoms with Crippen LogP contribution in [0, 0.1) is 0 Å². The van der Waals surface area contributed by atoms with Crippen LogP contribution in [0.25, 0.3) is 11.3 Å². The number of hydrogen-bond acceptors (Lipinski definition) is 5. The minimum Gasteiger partial charge on any atom is -0.444 e. The number of pyridine rings is 1. The Balaban J connectivity index is 1.77. The SMILES string of the molecule is O=C(Nc1ccc(-c2ccccc2)nc1C(=O)CO)OCc1ccccc1. The van der Waals surface area contributed by atoms with Gasteiger partial charge >= 0.3 is 6.09 Å². The van der Waals surface area contributed by atoms with E-state index in [0.29, 0.717) is 5.69 Å². The summed E-state index contributed by atoms with van der Waals surface area (Å²) < 4.78 is 5.16. The van der Waals surface area contributed by atoms with Crippen LogP contribution in [0.2, 0.25) is 0 Å². The zero-order valence-corrected chi connectivity index (χ0v) is 14.5. The van der Waals surface area contributed by atoms with Crippen molar-refractivity contribution in [1.82, 2.24) is 4.98 Å². The highest BCUT2D eigenvalue weighted by Gasteiger charge is 2.16. The van der Waals surface area contributed by atoms with Crippen LogP contribution < -0.4 is 5.32 Å². The maximum Gasteiger partial charge on any atom is 0.412 e. The molecular weight excluding hydrogens is 344 g/mol. The molecule has 0 atom stereocenters. The average Bonchev–Trinajstić information content (AvgIpc) is 2.73. The lowest BCUT2D eigenvalue weighted by molar-refractivity contribution is 0.0899. The van der Waals surface area contributed by atoms with Crippen molar-refractivity contribution >= 4 is 17.6 Å². The molecular formula is C21H18N2O4. The number of anilines is 1. The number of benzene rings is 2. The predicted molar refractivity (Wildman–Crippen MR) is 101 cm³/mol. The second-order valence-electron chi connectivity index (χ2n) is 5.73. The van der Waals surface area contributed by atoms with E-state index in [-0.39, 0.29) is 18.0 Å². The van der Waals surface area contributed by atoms with Crippen molar-refractivity contribution < 1.29 is 19.4 Å². The first-order chi connectivity index (χ1) is 13.2. The van der Waals surface area contributed by atoms with E-state index >= 15 is 0 Å². The maximum absolute atomic E-state index is 12.1. The summed E-state index contributed by atoms with van der Waals surface area (Å²) in [5, 5.41) is 11.7. The lowest BCUT2D eigenvalue weighted by Gasteiger charge is -2.11. The van der Waals surface area contributed by atoms with Crippen LogP contribution in [0.1, 0.15) is 16.1 Å². The van der Waals surface area contributed by atoms with E-state index in [1.165, 1.54) is 0 Å². The molecule has 0 aliphatic rings. The number of aromatic nitrogens is 1. The number of nitrogens with zero attached hydrogens (tertiary/aromatic N) is 1. The van der Waals surface area contributed by atoms with Gasteiger partial charge in [0.05, 0.1) is 11.4 Å². The quantitative estimate of drug-likeness (QED) is 0.653. The number of amides is 1. The van der Waals surface area contributed by atoms with E-state index in [1.807, 2.05) is 60.7 Å². The van der Waals surface area contributed by atoms with Crippen molar-refractivity contribution in [2.45, 2.75) is 6.61 Å². The van der Waals surface area contributed by atoms with Crippen LogP contribution in [0.15, 0.2) is 72.8 Å². The number of aliphatic hydroxyl groups excluding tert-OH is 1. The summed E-state index contributed by atoms with van der Waals surface area (Å²) in [5.41, 5.74) is 2.40. The average molecular weight is 362 g/mol. The smallest absolute Gasteiger partial charge is 0.412 e. The molecule has 0 aliphatic heterocycles. The molecule has 0 saturated heterocycles. The Labute approximate surface area is 156 Å². The van der Waals surface area contributed by atoms with Gasteiger partial charge < -0.3 is 9.84 Å². The van der Waals surface area contributed by atoms with Gasteiger partial charge in [0.1, 0.15) is 18.9 Å². The van der Waals surface area contributed by atoms with Gasteiger partial charge in [-0.15, -0.1) is 0 Å². The fraction of sp³-hybridized carbons (Fsp3) is 0.0952. The zero-order valence-electron chi connectivity index (χ0n) is 14.5. The molecule has 0 saturated carbocycles. The van der Waals surface area contributed by atoms with Crippen molar-refractivity contribution in [2.75, 3.05) is 11.9 Å². The van der Waals surface area contributed by atoms with Crippen LogP contribution in [-0.2, 0) is 11.3 Å². The van der Waals surface area contributed by atoms with Gasteiger partial charge in [0.2, 0.25) is 5.78 Å². The van der Waals surface area contributed by atoms with E-state index in [2.05, 4.69) is 10.3 Å². The predicted octanol–water partition coefficient (Wildman–Crippen LogP) is 3.67. The monoisotopic (exact) mass is 362 g/mol. The van der Waals surface area contributed by atoms with Crippen LogP contribution in [0.3, 0.4) is 0 Å². The summed E-state index contributed by atoms with van der Waals surface area (Å²) in [6.45, 7) is -0.607. The Hall–Kier alpha value is -3.51. The second-order valence-corrected chi connectivity index (χ2v) is 5.73. The van der Waals surface area contributed by atoms with Crippen molar-refractivity contribution in [2.24, 2.45) is 0 Å². The molecule has 0 bridgehead atoms. The Morgan fingerprint density at radius 2 is 1.59 bits per heavy atom. The summed E-state index contributed by atoms with van der Waals surface area (Å²) >= 11 is 0. The summed E-state index contributed by atoms with van der Waals surface area (Å²) in [6.07, 6.45) is -0.708. The van der Waals surface area contributed by atoms with Gasteiger partial charge in [-0.3, -0.25) is 10.1 Å². The topological polar surface area (TPSA) is 88.5 Å². The minimum atomic E-state index is -0.709. The highest BCUT2D eigenvalue weighted by molar-refractivity contribution is 6.03. The molecule has 2 aromatic carbocycles. The molecule has 2 N–H and O–H groups in total. The molecule has 0 radical (unpaired) electrons. The van der Waals surface area contributed by atoms with Crippen molar-refractivity contribution in [3.63, 3.8) is 0 Å². The lowest BCUT2D eigenvalue weighted by Crippen LogP contribution is -2.18. The van der Waals surface area contributed by atoms with Gasteiger partial charge in [0, 0.05) is 5.56 Å². The lowest BCUT2D eigenvalue weighted by atomic mass is 10.1.